The first-order valence-electron chi connectivity index (χ1n) is 21.8. The Labute approximate surface area is 370 Å². The topological polar surface area (TPSA) is 127 Å². The maximum Gasteiger partial charge on any atom is 0.316 e. The molecule has 63 heavy (non-hydrogen) atoms. The fourth-order valence-electron chi connectivity index (χ4n) is 7.10. The minimum absolute atomic E-state index is 0.312. The van der Waals surface area contributed by atoms with Gasteiger partial charge in [0.05, 0.1) is 33.3 Å². The summed E-state index contributed by atoms with van der Waals surface area (Å²) in [4.78, 5) is 61.2. The lowest BCUT2D eigenvalue weighted by atomic mass is 9.97. The molecule has 3 aromatic carbocycles. The Morgan fingerprint density at radius 3 is 0.905 bits per heavy atom. The molecule has 6 aromatic rings. The number of benzene rings is 3. The molecule has 1 aliphatic rings. The quantitative estimate of drug-likeness (QED) is 0.102. The maximum absolute atomic E-state index is 12.9. The molecule has 7 rings (SSSR count). The molecule has 4 heterocycles. The van der Waals surface area contributed by atoms with Gasteiger partial charge in [-0.2, -0.15) is 0 Å². The lowest BCUT2D eigenvalue weighted by Crippen LogP contribution is -2.35. The van der Waals surface area contributed by atoms with Gasteiger partial charge in [-0.3, -0.25) is 29.1 Å². The van der Waals surface area contributed by atoms with E-state index in [9.17, 15) is 14.4 Å². The van der Waals surface area contributed by atoms with Crippen LogP contribution in [0.1, 0.15) is 79.4 Å². The number of esters is 3. The number of para-hydroxylation sites is 3. The Hall–Kier alpha value is -5.82. The third kappa shape index (κ3) is 11.4. The number of carbonyl (C=O) groups excluding carboxylic acids is 3. The number of nitrogens with zero attached hydrogens (tertiary/aromatic N) is 6. The van der Waals surface area contributed by atoms with Crippen molar-refractivity contribution in [2.75, 3.05) is 39.3 Å². The average molecular weight is 853 g/mol. The predicted octanol–water partition coefficient (Wildman–Crippen LogP) is 9.01. The van der Waals surface area contributed by atoms with Crippen LogP contribution < -0.4 is 14.2 Å². The monoisotopic (exact) mass is 852 g/mol. The van der Waals surface area contributed by atoms with Crippen LogP contribution in [0.25, 0.3) is 32.7 Å². The number of hydrogen-bond donors (Lipinski definition) is 0. The summed E-state index contributed by atoms with van der Waals surface area (Å²) in [7, 11) is 0. The van der Waals surface area contributed by atoms with Crippen molar-refractivity contribution in [3.8, 4) is 17.2 Å². The smallest absolute Gasteiger partial charge is 0.316 e. The molecule has 0 bridgehead atoms. The Morgan fingerprint density at radius 1 is 0.413 bits per heavy atom. The van der Waals surface area contributed by atoms with Crippen molar-refractivity contribution in [3.63, 3.8) is 0 Å². The molecule has 0 atom stereocenters. The molecule has 12 nitrogen and oxygen atoms in total. The molecule has 0 aliphatic carbocycles. The minimum Gasteiger partial charge on any atom is -0.424 e. The van der Waals surface area contributed by atoms with Crippen LogP contribution >= 0.6 is 0 Å². The van der Waals surface area contributed by atoms with Gasteiger partial charge in [0.1, 0.15) is 16.6 Å². The van der Waals surface area contributed by atoms with Crippen molar-refractivity contribution < 1.29 is 28.6 Å². The number of rotatable bonds is 9. The molecular weight excluding hydrogens is 793 g/mol. The molecular formula is C51H60N6O6. The highest BCUT2D eigenvalue weighted by Crippen LogP contribution is 2.30. The van der Waals surface area contributed by atoms with Crippen molar-refractivity contribution in [2.45, 2.75) is 81.9 Å². The van der Waals surface area contributed by atoms with Gasteiger partial charge in [-0.15, -0.1) is 0 Å². The molecule has 1 aliphatic heterocycles. The van der Waals surface area contributed by atoms with Gasteiger partial charge in [0, 0.05) is 75.1 Å². The van der Waals surface area contributed by atoms with Crippen molar-refractivity contribution in [1.82, 2.24) is 29.7 Å². The van der Waals surface area contributed by atoms with Gasteiger partial charge >= 0.3 is 17.9 Å². The van der Waals surface area contributed by atoms with E-state index in [0.29, 0.717) is 53.4 Å². The fraction of sp³-hybridized carbons (Fsp3) is 0.412. The van der Waals surface area contributed by atoms with E-state index in [-0.39, 0.29) is 17.9 Å². The Bertz CT molecular complexity index is 2340. The second-order valence-corrected chi connectivity index (χ2v) is 19.6. The van der Waals surface area contributed by atoms with Gasteiger partial charge in [-0.05, 0) is 98.7 Å². The van der Waals surface area contributed by atoms with Crippen LogP contribution in [0.3, 0.4) is 0 Å². The van der Waals surface area contributed by atoms with Crippen LogP contribution in [0, 0.1) is 16.2 Å². The zero-order valence-corrected chi connectivity index (χ0v) is 38.2. The highest BCUT2D eigenvalue weighted by atomic mass is 16.5. The summed E-state index contributed by atoms with van der Waals surface area (Å²) in [5.41, 5.74) is 2.62. The fourth-order valence-corrected chi connectivity index (χ4v) is 7.10. The third-order valence-corrected chi connectivity index (χ3v) is 11.0. The molecule has 0 amide bonds. The summed E-state index contributed by atoms with van der Waals surface area (Å²) in [6.45, 7) is 23.0. The summed E-state index contributed by atoms with van der Waals surface area (Å²) >= 11 is 0. The first-order chi connectivity index (χ1) is 29.8. The van der Waals surface area contributed by atoms with E-state index < -0.39 is 16.2 Å². The molecule has 0 spiro atoms. The predicted molar refractivity (Wildman–Crippen MR) is 246 cm³/mol. The van der Waals surface area contributed by atoms with Crippen LogP contribution in [0.2, 0.25) is 0 Å². The number of aromatic nitrogens is 3. The van der Waals surface area contributed by atoms with Crippen LogP contribution in [-0.2, 0) is 34.0 Å². The molecule has 0 saturated carbocycles. The summed E-state index contributed by atoms with van der Waals surface area (Å²) in [6, 6.07) is 29.2. The SMILES string of the molecule is CC(C)(C)C(=O)Oc1cccc2ccc(CN3CCN(Cc4ccc5cccc(OC(=O)C(C)(C)C)c5n4)CCN(Cc4ccc5cccc(OC(=O)C(C)(C)C)c5n4)CC3)nc12. The van der Waals surface area contributed by atoms with E-state index in [0.717, 1.165) is 72.5 Å². The van der Waals surface area contributed by atoms with Crippen LogP contribution in [0.15, 0.2) is 91.0 Å². The van der Waals surface area contributed by atoms with Gasteiger partial charge in [-0.25, -0.2) is 15.0 Å². The number of hydrogen-bond acceptors (Lipinski definition) is 12. The molecule has 1 fully saturated rings. The highest BCUT2D eigenvalue weighted by Gasteiger charge is 2.27. The normalized spacial score (nSPS) is 15.2. The summed E-state index contributed by atoms with van der Waals surface area (Å²) < 4.78 is 17.6. The van der Waals surface area contributed by atoms with Crippen molar-refractivity contribution in [1.29, 1.82) is 0 Å². The summed E-state index contributed by atoms with van der Waals surface area (Å²) in [5.74, 6) is 0.425. The van der Waals surface area contributed by atoms with Gasteiger partial charge in [0.2, 0.25) is 0 Å². The van der Waals surface area contributed by atoms with Crippen LogP contribution in [0.5, 0.6) is 17.2 Å². The minimum atomic E-state index is -0.659. The molecule has 1 saturated heterocycles. The number of pyridine rings is 3. The van der Waals surface area contributed by atoms with E-state index in [1.807, 2.05) is 135 Å². The highest BCUT2D eigenvalue weighted by molar-refractivity contribution is 5.90. The van der Waals surface area contributed by atoms with Crippen molar-refractivity contribution in [3.05, 3.63) is 108 Å². The zero-order chi connectivity index (χ0) is 45.1. The molecule has 0 unspecified atom stereocenters. The second-order valence-electron chi connectivity index (χ2n) is 19.6. The molecule has 330 valence electrons. The van der Waals surface area contributed by atoms with E-state index in [2.05, 4.69) is 14.7 Å². The van der Waals surface area contributed by atoms with Gasteiger partial charge in [0.15, 0.2) is 17.2 Å². The average Bonchev–Trinajstić information content (AvgIpc) is 3.31. The Morgan fingerprint density at radius 2 is 0.667 bits per heavy atom. The molecule has 3 aromatic heterocycles. The third-order valence-electron chi connectivity index (χ3n) is 11.0. The number of ether oxygens (including phenoxy) is 3. The van der Waals surface area contributed by atoms with E-state index >= 15 is 0 Å². The first-order valence-corrected chi connectivity index (χ1v) is 21.8. The Balaban J connectivity index is 1.16. The summed E-state index contributed by atoms with van der Waals surface area (Å²) in [5, 5.41) is 2.70. The largest absolute Gasteiger partial charge is 0.424 e. The number of carbonyl (C=O) groups is 3. The van der Waals surface area contributed by atoms with E-state index in [4.69, 9.17) is 29.2 Å². The second kappa shape index (κ2) is 18.5. The zero-order valence-electron chi connectivity index (χ0n) is 38.2. The summed E-state index contributed by atoms with van der Waals surface area (Å²) in [6.07, 6.45) is 0. The van der Waals surface area contributed by atoms with Crippen LogP contribution in [-0.4, -0.2) is 86.8 Å². The Kier molecular flexibility index (Phi) is 13.3. The number of fused-ring (bicyclic) bond motifs is 3. The van der Waals surface area contributed by atoms with Gasteiger partial charge < -0.3 is 14.2 Å². The standard InChI is InChI=1S/C51H60N6O6/c1-49(2,3)46(58)61-40-16-10-13-34-19-22-37(52-43(34)40)31-55-25-27-56(32-38-23-20-35-14-11-17-41(44(35)53-38)62-47(59)50(4,5)6)29-30-57(28-26-55)33-39-24-21-36-15-12-18-42(45(36)54-39)63-48(60)51(7,8)9/h10-24H,25-33H2,1-9H3. The molecule has 0 N–H and O–H groups in total. The first kappa shape index (κ1) is 45.2. The van der Waals surface area contributed by atoms with E-state index in [1.54, 1.807) is 18.2 Å². The lowest BCUT2D eigenvalue weighted by molar-refractivity contribution is -0.143. The maximum atomic E-state index is 12.9. The van der Waals surface area contributed by atoms with Gasteiger partial charge in [0.25, 0.3) is 0 Å². The van der Waals surface area contributed by atoms with Crippen LogP contribution in [0.4, 0.5) is 0 Å². The molecule has 0 radical (unpaired) electrons. The van der Waals surface area contributed by atoms with E-state index in [1.165, 1.54) is 0 Å². The lowest BCUT2D eigenvalue weighted by Gasteiger charge is -2.25. The molecule has 12 heteroatoms. The van der Waals surface area contributed by atoms with Crippen molar-refractivity contribution in [2.24, 2.45) is 16.2 Å². The van der Waals surface area contributed by atoms with Crippen molar-refractivity contribution >= 4 is 50.6 Å². The van der Waals surface area contributed by atoms with Gasteiger partial charge in [-0.1, -0.05) is 54.6 Å².